The molecule has 0 saturated heterocycles. The van der Waals surface area contributed by atoms with Gasteiger partial charge >= 0.3 is 0 Å². The number of aryl methyl sites for hydroxylation is 1. The third kappa shape index (κ3) is 3.40. The second-order valence-corrected chi connectivity index (χ2v) is 5.96. The van der Waals surface area contributed by atoms with Gasteiger partial charge in [0.25, 0.3) is 0 Å². The quantitative estimate of drug-likeness (QED) is 0.461. The van der Waals surface area contributed by atoms with Gasteiger partial charge < -0.3 is 10.2 Å². The Kier molecular flexibility index (Phi) is 5.64. The average molecular weight is 413 g/mol. The zero-order valence-corrected chi connectivity index (χ0v) is 15.4. The minimum Gasteiger partial charge on any atom is -0.351 e. The number of rotatable bonds is 2. The Morgan fingerprint density at radius 2 is 2.14 bits per heavy atom. The molecule has 1 N–H and O–H groups in total. The number of guanidine groups is 1. The number of thiophene rings is 1. The van der Waals surface area contributed by atoms with E-state index in [9.17, 15) is 0 Å². The molecule has 0 atom stereocenters. The first-order valence-corrected chi connectivity index (χ1v) is 7.76. The Labute approximate surface area is 147 Å². The molecule has 0 amide bonds. The van der Waals surface area contributed by atoms with Crippen molar-refractivity contribution in [1.29, 1.82) is 0 Å². The molecule has 5 heteroatoms. The number of fused-ring (bicyclic) bond motifs is 1. The second kappa shape index (κ2) is 7.26. The summed E-state index contributed by atoms with van der Waals surface area (Å²) < 4.78 is 0. The fourth-order valence-corrected chi connectivity index (χ4v) is 3.44. The summed E-state index contributed by atoms with van der Waals surface area (Å²) in [6, 6.07) is 10.7. The molecule has 112 valence electrons. The van der Waals surface area contributed by atoms with Crippen LogP contribution < -0.4 is 10.2 Å². The highest BCUT2D eigenvalue weighted by Crippen LogP contribution is 2.27. The van der Waals surface area contributed by atoms with E-state index in [1.807, 2.05) is 7.05 Å². The predicted octanol–water partition coefficient (Wildman–Crippen LogP) is 3.81. The normalized spacial score (nSPS) is 13.8. The molecule has 0 bridgehead atoms. The van der Waals surface area contributed by atoms with Crippen LogP contribution in [-0.4, -0.2) is 19.6 Å². The van der Waals surface area contributed by atoms with E-state index in [1.165, 1.54) is 21.7 Å². The average Bonchev–Trinajstić information content (AvgIpc) is 3.07. The molecule has 1 aromatic carbocycles. The van der Waals surface area contributed by atoms with Gasteiger partial charge in [0.1, 0.15) is 0 Å². The van der Waals surface area contributed by atoms with Gasteiger partial charge in [-0.15, -0.1) is 35.3 Å². The molecule has 0 fully saturated rings. The molecular weight excluding hydrogens is 393 g/mol. The van der Waals surface area contributed by atoms with Crippen LogP contribution in [0.4, 0.5) is 5.69 Å². The van der Waals surface area contributed by atoms with Gasteiger partial charge in [-0.25, -0.2) is 0 Å². The van der Waals surface area contributed by atoms with E-state index in [4.69, 9.17) is 0 Å². The van der Waals surface area contributed by atoms with Crippen LogP contribution in [0, 0.1) is 6.92 Å². The minimum atomic E-state index is 0. The van der Waals surface area contributed by atoms with Gasteiger partial charge in [0.05, 0.1) is 6.54 Å². The van der Waals surface area contributed by atoms with Crippen LogP contribution in [0.15, 0.2) is 40.7 Å². The lowest BCUT2D eigenvalue weighted by atomic mass is 10.2. The van der Waals surface area contributed by atoms with Crippen molar-refractivity contribution in [3.8, 4) is 0 Å². The maximum atomic E-state index is 4.43. The number of aliphatic imine (C=N–C) groups is 1. The third-order valence-corrected chi connectivity index (χ3v) is 4.75. The number of benzene rings is 1. The number of nitrogens with zero attached hydrogens (tertiary/aromatic N) is 2. The van der Waals surface area contributed by atoms with Gasteiger partial charge in [-0.2, -0.15) is 0 Å². The maximum absolute atomic E-state index is 4.43. The van der Waals surface area contributed by atoms with E-state index in [2.05, 4.69) is 57.8 Å². The molecule has 1 aliphatic heterocycles. The van der Waals surface area contributed by atoms with Crippen molar-refractivity contribution >= 4 is 47.0 Å². The van der Waals surface area contributed by atoms with Gasteiger partial charge in [-0.3, -0.25) is 4.99 Å². The molecule has 1 aliphatic rings. The molecule has 0 aliphatic carbocycles. The second-order valence-electron chi connectivity index (χ2n) is 4.96. The van der Waals surface area contributed by atoms with E-state index in [1.54, 1.807) is 11.3 Å². The van der Waals surface area contributed by atoms with Crippen LogP contribution >= 0.6 is 35.3 Å². The Hall–Kier alpha value is -1.08. The molecule has 0 unspecified atom stereocenters. The van der Waals surface area contributed by atoms with Gasteiger partial charge in [-0.05, 0) is 42.0 Å². The predicted molar refractivity (Wildman–Crippen MR) is 102 cm³/mol. The summed E-state index contributed by atoms with van der Waals surface area (Å²) >= 11 is 1.79. The molecule has 2 heterocycles. The summed E-state index contributed by atoms with van der Waals surface area (Å²) in [6.45, 7) is 4.00. The van der Waals surface area contributed by atoms with Crippen LogP contribution in [0.5, 0.6) is 0 Å². The first kappa shape index (κ1) is 16.3. The van der Waals surface area contributed by atoms with Crippen LogP contribution in [0.25, 0.3) is 0 Å². The summed E-state index contributed by atoms with van der Waals surface area (Å²) in [5.41, 5.74) is 4.03. The summed E-state index contributed by atoms with van der Waals surface area (Å²) in [7, 11) is 1.85. The molecule has 1 aromatic heterocycles. The van der Waals surface area contributed by atoms with Crippen molar-refractivity contribution in [3.63, 3.8) is 0 Å². The van der Waals surface area contributed by atoms with E-state index in [-0.39, 0.29) is 24.0 Å². The highest BCUT2D eigenvalue weighted by Gasteiger charge is 2.22. The zero-order valence-electron chi connectivity index (χ0n) is 12.3. The summed E-state index contributed by atoms with van der Waals surface area (Å²) in [6.07, 6.45) is 1.09. The smallest absolute Gasteiger partial charge is 0.198 e. The number of nitrogens with one attached hydrogen (secondary N) is 1. The fourth-order valence-electron chi connectivity index (χ4n) is 2.60. The molecule has 0 spiro atoms. The lowest BCUT2D eigenvalue weighted by Gasteiger charge is -2.22. The van der Waals surface area contributed by atoms with Crippen LogP contribution in [0.3, 0.4) is 0 Å². The first-order chi connectivity index (χ1) is 9.79. The van der Waals surface area contributed by atoms with Crippen LogP contribution in [0.2, 0.25) is 0 Å². The number of halogens is 1. The highest BCUT2D eigenvalue weighted by atomic mass is 127. The van der Waals surface area contributed by atoms with Crippen molar-refractivity contribution in [2.24, 2.45) is 4.99 Å². The van der Waals surface area contributed by atoms with Gasteiger partial charge in [0, 0.05) is 24.2 Å². The largest absolute Gasteiger partial charge is 0.351 e. The minimum absolute atomic E-state index is 0. The first-order valence-electron chi connectivity index (χ1n) is 6.88. The molecule has 0 saturated carbocycles. The van der Waals surface area contributed by atoms with E-state index in [0.29, 0.717) is 0 Å². The molecule has 2 aromatic rings. The van der Waals surface area contributed by atoms with Crippen molar-refractivity contribution < 1.29 is 0 Å². The zero-order chi connectivity index (χ0) is 13.9. The number of hydrogen-bond acceptors (Lipinski definition) is 2. The number of hydrogen-bond donors (Lipinski definition) is 1. The number of anilines is 1. The summed E-state index contributed by atoms with van der Waals surface area (Å²) in [4.78, 5) is 8.08. The van der Waals surface area contributed by atoms with E-state index in [0.717, 1.165) is 25.5 Å². The molecule has 3 nitrogen and oxygen atoms in total. The van der Waals surface area contributed by atoms with Crippen molar-refractivity contribution in [3.05, 3.63) is 51.7 Å². The maximum Gasteiger partial charge on any atom is 0.198 e. The third-order valence-electron chi connectivity index (χ3n) is 3.73. The van der Waals surface area contributed by atoms with Gasteiger partial charge in [0.15, 0.2) is 5.96 Å². The molecule has 21 heavy (non-hydrogen) atoms. The van der Waals surface area contributed by atoms with Crippen molar-refractivity contribution in [2.45, 2.75) is 19.9 Å². The number of para-hydroxylation sites is 1. The highest BCUT2D eigenvalue weighted by molar-refractivity contribution is 14.0. The van der Waals surface area contributed by atoms with E-state index < -0.39 is 0 Å². The summed E-state index contributed by atoms with van der Waals surface area (Å²) in [5.74, 6) is 0.961. The topological polar surface area (TPSA) is 27.6 Å². The SMILES string of the molecule is CN=C(NCc1sccc1C)N1CCc2ccccc21.I. The van der Waals surface area contributed by atoms with Crippen molar-refractivity contribution in [1.82, 2.24) is 5.32 Å². The van der Waals surface area contributed by atoms with Crippen LogP contribution in [0.1, 0.15) is 16.0 Å². The molecule has 3 rings (SSSR count). The Bertz CT molecular complexity index is 636. The lowest BCUT2D eigenvalue weighted by molar-refractivity contribution is 0.875. The Morgan fingerprint density at radius 3 is 2.86 bits per heavy atom. The van der Waals surface area contributed by atoms with Gasteiger partial charge in [0.2, 0.25) is 0 Å². The molecular formula is C16H20IN3S. The molecule has 0 radical (unpaired) electrons. The Morgan fingerprint density at radius 1 is 1.33 bits per heavy atom. The summed E-state index contributed by atoms with van der Waals surface area (Å²) in [5, 5.41) is 5.62. The monoisotopic (exact) mass is 413 g/mol. The Balaban J connectivity index is 0.00000161. The lowest BCUT2D eigenvalue weighted by Crippen LogP contribution is -2.40. The standard InChI is InChI=1S/C16H19N3S.HI/c1-12-8-10-20-15(12)11-18-16(17-2)19-9-7-13-5-3-4-6-14(13)19;/h3-6,8,10H,7,9,11H2,1-2H3,(H,17,18);1H. The van der Waals surface area contributed by atoms with Gasteiger partial charge in [-0.1, -0.05) is 18.2 Å². The van der Waals surface area contributed by atoms with Crippen LogP contribution in [-0.2, 0) is 13.0 Å². The van der Waals surface area contributed by atoms with E-state index >= 15 is 0 Å². The fraction of sp³-hybridized carbons (Fsp3) is 0.312. The van der Waals surface area contributed by atoms with Crippen molar-refractivity contribution in [2.75, 3.05) is 18.5 Å².